The Bertz CT molecular complexity index is 786. The van der Waals surface area contributed by atoms with Crippen molar-refractivity contribution in [3.05, 3.63) is 65.9 Å². The highest BCUT2D eigenvalue weighted by molar-refractivity contribution is 6.09. The number of nitrogens with zero attached hydrogens (tertiary/aromatic N) is 1. The zero-order valence-corrected chi connectivity index (χ0v) is 12.9. The molecule has 0 bridgehead atoms. The molecule has 0 radical (unpaired) electrons. The van der Waals surface area contributed by atoms with E-state index in [-0.39, 0.29) is 5.78 Å². The lowest BCUT2D eigenvalue weighted by molar-refractivity contribution is 0.101. The summed E-state index contributed by atoms with van der Waals surface area (Å²) in [4.78, 5) is 14.7. The van der Waals surface area contributed by atoms with Gasteiger partial charge in [-0.15, -0.1) is 0 Å². The average Bonchev–Trinajstić information content (AvgIpc) is 2.99. The highest BCUT2D eigenvalue weighted by Crippen LogP contribution is 2.26. The SMILES string of the molecule is CCN(CC)c1ccc2cc(C(=O)c3ccccc3)oc2c1. The number of fused-ring (bicyclic) bond motifs is 1. The van der Waals surface area contributed by atoms with Gasteiger partial charge < -0.3 is 9.32 Å². The normalized spacial score (nSPS) is 10.8. The van der Waals surface area contributed by atoms with Gasteiger partial charge in [0, 0.05) is 35.8 Å². The Balaban J connectivity index is 1.98. The molecule has 0 saturated carbocycles. The second kappa shape index (κ2) is 6.06. The summed E-state index contributed by atoms with van der Waals surface area (Å²) in [7, 11) is 0. The highest BCUT2D eigenvalue weighted by Gasteiger charge is 2.15. The summed E-state index contributed by atoms with van der Waals surface area (Å²) in [5.74, 6) is 0.305. The molecule has 0 aliphatic rings. The van der Waals surface area contributed by atoms with Gasteiger partial charge in [-0.2, -0.15) is 0 Å². The van der Waals surface area contributed by atoms with Crippen molar-refractivity contribution >= 4 is 22.4 Å². The molecule has 3 heteroatoms. The van der Waals surface area contributed by atoms with Crippen LogP contribution in [0.5, 0.6) is 0 Å². The number of hydrogen-bond acceptors (Lipinski definition) is 3. The number of carbonyl (C=O) groups excluding carboxylic acids is 1. The molecule has 2 aromatic carbocycles. The molecule has 0 aliphatic heterocycles. The monoisotopic (exact) mass is 293 g/mol. The van der Waals surface area contributed by atoms with Gasteiger partial charge in [0.05, 0.1) is 0 Å². The van der Waals surface area contributed by atoms with Gasteiger partial charge in [-0.3, -0.25) is 4.79 Å². The lowest BCUT2D eigenvalue weighted by Gasteiger charge is -2.20. The standard InChI is InChI=1S/C19H19NO2/c1-3-20(4-2)16-11-10-15-12-18(22-17(15)13-16)19(21)14-8-6-5-7-9-14/h5-13H,3-4H2,1-2H3. The van der Waals surface area contributed by atoms with Gasteiger partial charge in [-0.1, -0.05) is 30.3 Å². The topological polar surface area (TPSA) is 33.5 Å². The van der Waals surface area contributed by atoms with Crippen LogP contribution in [-0.2, 0) is 0 Å². The molecule has 0 unspecified atom stereocenters. The smallest absolute Gasteiger partial charge is 0.228 e. The molecule has 0 fully saturated rings. The van der Waals surface area contributed by atoms with Gasteiger partial charge in [0.2, 0.25) is 5.78 Å². The van der Waals surface area contributed by atoms with Gasteiger partial charge in [0.1, 0.15) is 5.58 Å². The molecule has 3 nitrogen and oxygen atoms in total. The third-order valence-corrected chi connectivity index (χ3v) is 3.89. The first-order valence-electron chi connectivity index (χ1n) is 7.61. The Hall–Kier alpha value is -2.55. The van der Waals surface area contributed by atoms with Crippen LogP contribution in [0.3, 0.4) is 0 Å². The minimum absolute atomic E-state index is 0.0822. The zero-order valence-electron chi connectivity index (χ0n) is 12.9. The van der Waals surface area contributed by atoms with E-state index < -0.39 is 0 Å². The largest absolute Gasteiger partial charge is 0.452 e. The van der Waals surface area contributed by atoms with E-state index >= 15 is 0 Å². The van der Waals surface area contributed by atoms with Gasteiger partial charge >= 0.3 is 0 Å². The maximum absolute atomic E-state index is 12.4. The van der Waals surface area contributed by atoms with Crippen molar-refractivity contribution in [2.24, 2.45) is 0 Å². The van der Waals surface area contributed by atoms with Crippen LogP contribution < -0.4 is 4.90 Å². The Morgan fingerprint density at radius 3 is 2.41 bits per heavy atom. The molecule has 112 valence electrons. The number of anilines is 1. The van der Waals surface area contributed by atoms with Crippen LogP contribution in [-0.4, -0.2) is 18.9 Å². The summed E-state index contributed by atoms with van der Waals surface area (Å²) in [6.07, 6.45) is 0. The molecule has 0 amide bonds. The molecular formula is C19H19NO2. The third-order valence-electron chi connectivity index (χ3n) is 3.89. The summed E-state index contributed by atoms with van der Waals surface area (Å²) >= 11 is 0. The summed E-state index contributed by atoms with van der Waals surface area (Å²) in [5.41, 5.74) is 2.51. The summed E-state index contributed by atoms with van der Waals surface area (Å²) < 4.78 is 5.79. The number of rotatable bonds is 5. The second-order valence-electron chi connectivity index (χ2n) is 5.20. The molecule has 3 aromatic rings. The number of carbonyl (C=O) groups is 1. The molecular weight excluding hydrogens is 274 g/mol. The van der Waals surface area contributed by atoms with Crippen molar-refractivity contribution in [3.8, 4) is 0 Å². The van der Waals surface area contributed by atoms with E-state index in [0.29, 0.717) is 11.3 Å². The van der Waals surface area contributed by atoms with E-state index in [0.717, 1.165) is 29.7 Å². The lowest BCUT2D eigenvalue weighted by atomic mass is 10.1. The molecule has 0 saturated heterocycles. The Kier molecular flexibility index (Phi) is 3.96. The quantitative estimate of drug-likeness (QED) is 0.649. The van der Waals surface area contributed by atoms with Crippen molar-refractivity contribution in [1.29, 1.82) is 0 Å². The maximum atomic E-state index is 12.4. The van der Waals surface area contributed by atoms with Gasteiger partial charge in [-0.25, -0.2) is 0 Å². The number of ketones is 1. The fourth-order valence-corrected chi connectivity index (χ4v) is 2.65. The first kappa shape index (κ1) is 14.4. The number of furan rings is 1. The Labute approximate surface area is 130 Å². The maximum Gasteiger partial charge on any atom is 0.228 e. The average molecular weight is 293 g/mol. The lowest BCUT2D eigenvalue weighted by Crippen LogP contribution is -2.21. The van der Waals surface area contributed by atoms with Crippen molar-refractivity contribution < 1.29 is 9.21 Å². The fourth-order valence-electron chi connectivity index (χ4n) is 2.65. The van der Waals surface area contributed by atoms with Crippen LogP contribution in [0.4, 0.5) is 5.69 Å². The van der Waals surface area contributed by atoms with Crippen molar-refractivity contribution in [1.82, 2.24) is 0 Å². The van der Waals surface area contributed by atoms with Crippen molar-refractivity contribution in [2.75, 3.05) is 18.0 Å². The predicted octanol–water partition coefficient (Wildman–Crippen LogP) is 4.51. The zero-order chi connectivity index (χ0) is 15.5. The minimum Gasteiger partial charge on any atom is -0.452 e. The van der Waals surface area contributed by atoms with Crippen LogP contribution in [0.25, 0.3) is 11.0 Å². The van der Waals surface area contributed by atoms with E-state index in [9.17, 15) is 4.79 Å². The van der Waals surface area contributed by atoms with Crippen molar-refractivity contribution in [2.45, 2.75) is 13.8 Å². The molecule has 1 aromatic heterocycles. The van der Waals surface area contributed by atoms with Crippen molar-refractivity contribution in [3.63, 3.8) is 0 Å². The van der Waals surface area contributed by atoms with Crippen LogP contribution in [0.1, 0.15) is 30.0 Å². The van der Waals surface area contributed by atoms with Gasteiger partial charge in [0.25, 0.3) is 0 Å². The fraction of sp³-hybridized carbons (Fsp3) is 0.211. The molecule has 0 atom stereocenters. The predicted molar refractivity (Wildman–Crippen MR) is 89.6 cm³/mol. The number of benzene rings is 2. The minimum atomic E-state index is -0.0822. The molecule has 1 heterocycles. The molecule has 0 spiro atoms. The Morgan fingerprint density at radius 1 is 1.00 bits per heavy atom. The molecule has 0 N–H and O–H groups in total. The molecule has 0 aliphatic carbocycles. The van der Waals surface area contributed by atoms with Crippen LogP contribution in [0.15, 0.2) is 59.0 Å². The highest BCUT2D eigenvalue weighted by atomic mass is 16.3. The Morgan fingerprint density at radius 2 is 1.73 bits per heavy atom. The van der Waals surface area contributed by atoms with E-state index in [1.807, 2.05) is 36.4 Å². The van der Waals surface area contributed by atoms with Gasteiger partial charge in [-0.05, 0) is 32.0 Å². The molecule has 22 heavy (non-hydrogen) atoms. The first-order valence-corrected chi connectivity index (χ1v) is 7.61. The number of hydrogen-bond donors (Lipinski definition) is 0. The first-order chi connectivity index (χ1) is 10.7. The summed E-state index contributed by atoms with van der Waals surface area (Å²) in [6.45, 7) is 6.14. The van der Waals surface area contributed by atoms with Crippen LogP contribution in [0.2, 0.25) is 0 Å². The second-order valence-corrected chi connectivity index (χ2v) is 5.20. The summed E-state index contributed by atoms with van der Waals surface area (Å²) in [5, 5.41) is 0.954. The summed E-state index contributed by atoms with van der Waals surface area (Å²) in [6, 6.07) is 17.1. The van der Waals surface area contributed by atoms with Gasteiger partial charge in [0.15, 0.2) is 5.76 Å². The van der Waals surface area contributed by atoms with Crippen LogP contribution in [0, 0.1) is 0 Å². The molecule has 3 rings (SSSR count). The van der Waals surface area contributed by atoms with Crippen LogP contribution >= 0.6 is 0 Å². The van der Waals surface area contributed by atoms with E-state index in [1.54, 1.807) is 12.1 Å². The van der Waals surface area contributed by atoms with E-state index in [1.165, 1.54) is 0 Å². The third kappa shape index (κ3) is 2.62. The van der Waals surface area contributed by atoms with E-state index in [2.05, 4.69) is 24.8 Å². The van der Waals surface area contributed by atoms with E-state index in [4.69, 9.17) is 4.42 Å².